The van der Waals surface area contributed by atoms with Crippen molar-refractivity contribution < 1.29 is 5.11 Å². The molecule has 2 rings (SSSR count). The van der Waals surface area contributed by atoms with Gasteiger partial charge in [0.05, 0.1) is 6.10 Å². The lowest BCUT2D eigenvalue weighted by atomic mass is 10.1. The van der Waals surface area contributed by atoms with Crippen LogP contribution in [0.5, 0.6) is 0 Å². The lowest BCUT2D eigenvalue weighted by Gasteiger charge is -2.19. The molecule has 0 fully saturated rings. The molecule has 3 N–H and O–H groups in total. The van der Waals surface area contributed by atoms with Crippen molar-refractivity contribution in [2.45, 2.75) is 12.6 Å². The molecule has 3 nitrogen and oxygen atoms in total. The minimum absolute atomic E-state index is 0.314. The number of benzene rings is 1. The van der Waals surface area contributed by atoms with E-state index in [2.05, 4.69) is 34.5 Å². The standard InChI is InChI=1S/C13H18N2OS/c1-15(8-11(16)6-14)7-10-9-17-13-5-3-2-4-12(10)13/h2-5,9,11,16H,6-8,14H2,1H3. The van der Waals surface area contributed by atoms with Crippen molar-refractivity contribution in [1.29, 1.82) is 0 Å². The number of likely N-dealkylation sites (N-methyl/N-ethyl adjacent to an activating group) is 1. The van der Waals surface area contributed by atoms with Gasteiger partial charge in [0.25, 0.3) is 0 Å². The highest BCUT2D eigenvalue weighted by atomic mass is 32.1. The Bertz CT molecular complexity index is 483. The highest BCUT2D eigenvalue weighted by molar-refractivity contribution is 7.17. The second-order valence-electron chi connectivity index (χ2n) is 4.34. The molecule has 1 unspecified atom stereocenters. The molecule has 2 aromatic rings. The van der Waals surface area contributed by atoms with Gasteiger partial charge in [-0.1, -0.05) is 18.2 Å². The lowest BCUT2D eigenvalue weighted by Crippen LogP contribution is -2.33. The molecule has 0 saturated heterocycles. The maximum atomic E-state index is 9.51. The summed E-state index contributed by atoms with van der Waals surface area (Å²) in [6.45, 7) is 1.77. The Labute approximate surface area is 105 Å². The highest BCUT2D eigenvalue weighted by Gasteiger charge is 2.09. The molecule has 0 aliphatic rings. The first-order valence-electron chi connectivity index (χ1n) is 5.72. The molecular weight excluding hydrogens is 232 g/mol. The van der Waals surface area contributed by atoms with Gasteiger partial charge in [-0.05, 0) is 29.4 Å². The molecular formula is C13H18N2OS. The van der Waals surface area contributed by atoms with E-state index in [1.54, 1.807) is 11.3 Å². The predicted octanol–water partition coefficient (Wildman–Crippen LogP) is 1.65. The van der Waals surface area contributed by atoms with Crippen molar-refractivity contribution >= 4 is 21.4 Å². The molecule has 0 bridgehead atoms. The van der Waals surface area contributed by atoms with Crippen LogP contribution in [-0.4, -0.2) is 36.2 Å². The van der Waals surface area contributed by atoms with E-state index in [4.69, 9.17) is 5.73 Å². The maximum absolute atomic E-state index is 9.51. The summed E-state index contributed by atoms with van der Waals surface area (Å²) in [6, 6.07) is 8.41. The Balaban J connectivity index is 2.08. The van der Waals surface area contributed by atoms with Crippen LogP contribution in [0.4, 0.5) is 0 Å². The number of nitrogens with zero attached hydrogens (tertiary/aromatic N) is 1. The van der Waals surface area contributed by atoms with Gasteiger partial charge < -0.3 is 10.8 Å². The molecule has 17 heavy (non-hydrogen) atoms. The van der Waals surface area contributed by atoms with Crippen LogP contribution in [0.1, 0.15) is 5.56 Å². The maximum Gasteiger partial charge on any atom is 0.0789 e. The molecule has 0 saturated carbocycles. The zero-order valence-corrected chi connectivity index (χ0v) is 10.8. The Kier molecular flexibility index (Phi) is 4.12. The smallest absolute Gasteiger partial charge is 0.0789 e. The summed E-state index contributed by atoms with van der Waals surface area (Å²) >= 11 is 1.77. The third kappa shape index (κ3) is 3.04. The molecule has 0 amide bonds. The van der Waals surface area contributed by atoms with E-state index in [9.17, 15) is 5.11 Å². The minimum atomic E-state index is -0.440. The zero-order chi connectivity index (χ0) is 12.3. The monoisotopic (exact) mass is 250 g/mol. The summed E-state index contributed by atoms with van der Waals surface area (Å²) in [5, 5.41) is 13.0. The van der Waals surface area contributed by atoms with Crippen LogP contribution >= 0.6 is 11.3 Å². The number of fused-ring (bicyclic) bond motifs is 1. The van der Waals surface area contributed by atoms with Gasteiger partial charge in [0.15, 0.2) is 0 Å². The summed E-state index contributed by atoms with van der Waals surface area (Å²) in [6.07, 6.45) is -0.440. The van der Waals surface area contributed by atoms with Crippen molar-refractivity contribution in [3.8, 4) is 0 Å². The Morgan fingerprint density at radius 3 is 2.94 bits per heavy atom. The van der Waals surface area contributed by atoms with E-state index < -0.39 is 6.10 Å². The Hall–Kier alpha value is -0.940. The van der Waals surface area contributed by atoms with Crippen LogP contribution in [0, 0.1) is 0 Å². The number of thiophene rings is 1. The second-order valence-corrected chi connectivity index (χ2v) is 5.25. The zero-order valence-electron chi connectivity index (χ0n) is 9.97. The summed E-state index contributed by atoms with van der Waals surface area (Å²) in [7, 11) is 2.01. The third-order valence-electron chi connectivity index (χ3n) is 2.80. The topological polar surface area (TPSA) is 49.5 Å². The van der Waals surface area contributed by atoms with E-state index in [0.29, 0.717) is 13.1 Å². The number of rotatable bonds is 5. The average molecular weight is 250 g/mol. The normalized spacial score (nSPS) is 13.4. The molecule has 0 aliphatic heterocycles. The summed E-state index contributed by atoms with van der Waals surface area (Å²) < 4.78 is 1.32. The molecule has 1 atom stereocenters. The predicted molar refractivity (Wildman–Crippen MR) is 73.2 cm³/mol. The van der Waals surface area contributed by atoms with Gasteiger partial charge in [-0.25, -0.2) is 0 Å². The third-order valence-corrected chi connectivity index (χ3v) is 3.81. The SMILES string of the molecule is CN(Cc1csc2ccccc12)CC(O)CN. The van der Waals surface area contributed by atoms with E-state index in [-0.39, 0.29) is 0 Å². The molecule has 1 aromatic carbocycles. The van der Waals surface area contributed by atoms with Crippen LogP contribution in [0.2, 0.25) is 0 Å². The van der Waals surface area contributed by atoms with Crippen molar-refractivity contribution in [3.63, 3.8) is 0 Å². The van der Waals surface area contributed by atoms with Gasteiger partial charge in [0, 0.05) is 24.3 Å². The van der Waals surface area contributed by atoms with Gasteiger partial charge in [0.1, 0.15) is 0 Å². The van der Waals surface area contributed by atoms with E-state index >= 15 is 0 Å². The lowest BCUT2D eigenvalue weighted by molar-refractivity contribution is 0.129. The van der Waals surface area contributed by atoms with Crippen LogP contribution in [-0.2, 0) is 6.54 Å². The van der Waals surface area contributed by atoms with Crippen LogP contribution in [0.25, 0.3) is 10.1 Å². The van der Waals surface area contributed by atoms with Crippen LogP contribution in [0.15, 0.2) is 29.6 Å². The first-order chi connectivity index (χ1) is 8.20. The molecule has 0 aliphatic carbocycles. The Morgan fingerprint density at radius 1 is 1.41 bits per heavy atom. The summed E-state index contributed by atoms with van der Waals surface area (Å²) in [5.41, 5.74) is 6.73. The highest BCUT2D eigenvalue weighted by Crippen LogP contribution is 2.26. The molecule has 1 heterocycles. The minimum Gasteiger partial charge on any atom is -0.390 e. The van der Waals surface area contributed by atoms with Gasteiger partial charge in [-0.2, -0.15) is 0 Å². The number of aliphatic hydroxyl groups excluding tert-OH is 1. The van der Waals surface area contributed by atoms with Crippen molar-refractivity contribution in [2.75, 3.05) is 20.1 Å². The Morgan fingerprint density at radius 2 is 2.18 bits per heavy atom. The van der Waals surface area contributed by atoms with E-state index in [0.717, 1.165) is 6.54 Å². The van der Waals surface area contributed by atoms with E-state index in [1.807, 2.05) is 7.05 Å². The molecule has 0 spiro atoms. The molecule has 0 radical (unpaired) electrons. The molecule has 92 valence electrons. The van der Waals surface area contributed by atoms with Gasteiger partial charge in [-0.3, -0.25) is 4.90 Å². The van der Waals surface area contributed by atoms with Crippen molar-refractivity contribution in [3.05, 3.63) is 35.2 Å². The second kappa shape index (κ2) is 5.60. The fourth-order valence-electron chi connectivity index (χ4n) is 1.94. The summed E-state index contributed by atoms with van der Waals surface area (Å²) in [5.74, 6) is 0. The van der Waals surface area contributed by atoms with E-state index in [1.165, 1.54) is 15.6 Å². The summed E-state index contributed by atoms with van der Waals surface area (Å²) in [4.78, 5) is 2.10. The number of hydrogen-bond donors (Lipinski definition) is 2. The molecule has 1 aromatic heterocycles. The van der Waals surface area contributed by atoms with Gasteiger partial charge in [0.2, 0.25) is 0 Å². The van der Waals surface area contributed by atoms with Gasteiger partial charge in [-0.15, -0.1) is 11.3 Å². The number of aliphatic hydroxyl groups is 1. The van der Waals surface area contributed by atoms with Gasteiger partial charge >= 0.3 is 0 Å². The fourth-order valence-corrected chi connectivity index (χ4v) is 2.90. The average Bonchev–Trinajstić information content (AvgIpc) is 2.72. The van der Waals surface area contributed by atoms with Crippen molar-refractivity contribution in [1.82, 2.24) is 4.90 Å². The first kappa shape index (κ1) is 12.5. The fraction of sp³-hybridized carbons (Fsp3) is 0.385. The van der Waals surface area contributed by atoms with Crippen LogP contribution < -0.4 is 5.73 Å². The quantitative estimate of drug-likeness (QED) is 0.848. The first-order valence-corrected chi connectivity index (χ1v) is 6.60. The van der Waals surface area contributed by atoms with Crippen molar-refractivity contribution in [2.24, 2.45) is 5.73 Å². The molecule has 4 heteroatoms. The number of hydrogen-bond acceptors (Lipinski definition) is 4. The van der Waals surface area contributed by atoms with Crippen LogP contribution in [0.3, 0.4) is 0 Å². The largest absolute Gasteiger partial charge is 0.390 e. The number of nitrogens with two attached hydrogens (primary N) is 1.